The Kier molecular flexibility index (Phi) is 3.96. The summed E-state index contributed by atoms with van der Waals surface area (Å²) in [6, 6.07) is 0.581. The van der Waals surface area contributed by atoms with Crippen molar-refractivity contribution in [1.82, 2.24) is 20.0 Å². The third-order valence-electron chi connectivity index (χ3n) is 4.56. The summed E-state index contributed by atoms with van der Waals surface area (Å²) in [4.78, 5) is 2.64. The minimum absolute atomic E-state index is 0.488. The lowest BCUT2D eigenvalue weighted by molar-refractivity contribution is 0.127. The number of hydrogen-bond donors (Lipinski definition) is 1. The van der Waals surface area contributed by atoms with Gasteiger partial charge in [0, 0.05) is 32.4 Å². The van der Waals surface area contributed by atoms with E-state index in [-0.39, 0.29) is 0 Å². The molecule has 3 heterocycles. The third kappa shape index (κ3) is 3.20. The molecular formula is C14H23BrN4. The maximum absolute atomic E-state index is 4.42. The van der Waals surface area contributed by atoms with Crippen molar-refractivity contribution in [3.05, 3.63) is 16.9 Å². The monoisotopic (exact) mass is 326 g/mol. The predicted octanol–water partition coefficient (Wildman–Crippen LogP) is 2.28. The van der Waals surface area contributed by atoms with Crippen LogP contribution in [-0.4, -0.2) is 47.4 Å². The van der Waals surface area contributed by atoms with E-state index in [1.165, 1.54) is 52.0 Å². The molecule has 0 radical (unpaired) electrons. The summed E-state index contributed by atoms with van der Waals surface area (Å²) in [5.41, 5.74) is 0.488. The summed E-state index contributed by atoms with van der Waals surface area (Å²) in [7, 11) is 0. The standard InChI is InChI=1S/C14H23BrN4/c1-14(4-5-16-10-14)11-18-6-2-13(3-7-18)19-9-12(15)8-17-19/h8-9,13,16H,2-7,10-11H2,1H3. The predicted molar refractivity (Wildman–Crippen MR) is 80.2 cm³/mol. The molecule has 1 aromatic heterocycles. The molecule has 2 fully saturated rings. The Morgan fingerprint density at radius 3 is 2.84 bits per heavy atom. The Hall–Kier alpha value is -0.390. The number of hydrogen-bond acceptors (Lipinski definition) is 3. The van der Waals surface area contributed by atoms with Crippen LogP contribution in [0.3, 0.4) is 0 Å². The van der Waals surface area contributed by atoms with Crippen LogP contribution in [0.2, 0.25) is 0 Å². The Labute approximate surface area is 123 Å². The zero-order valence-corrected chi connectivity index (χ0v) is 13.2. The van der Waals surface area contributed by atoms with Crippen molar-refractivity contribution in [2.24, 2.45) is 5.41 Å². The first kappa shape index (κ1) is 13.6. The highest BCUT2D eigenvalue weighted by molar-refractivity contribution is 9.10. The van der Waals surface area contributed by atoms with Crippen LogP contribution in [0.4, 0.5) is 0 Å². The van der Waals surface area contributed by atoms with Gasteiger partial charge in [-0.05, 0) is 47.2 Å². The highest BCUT2D eigenvalue weighted by Gasteiger charge is 2.32. The normalized spacial score (nSPS) is 30.0. The van der Waals surface area contributed by atoms with E-state index in [0.29, 0.717) is 11.5 Å². The number of nitrogens with zero attached hydrogens (tertiary/aromatic N) is 3. The van der Waals surface area contributed by atoms with Gasteiger partial charge in [0.05, 0.1) is 16.7 Å². The summed E-state index contributed by atoms with van der Waals surface area (Å²) in [6.07, 6.45) is 7.74. The minimum atomic E-state index is 0.488. The fourth-order valence-corrected chi connectivity index (χ4v) is 3.70. The highest BCUT2D eigenvalue weighted by atomic mass is 79.9. The number of nitrogens with one attached hydrogen (secondary N) is 1. The van der Waals surface area contributed by atoms with E-state index in [0.717, 1.165) is 4.47 Å². The largest absolute Gasteiger partial charge is 0.316 e. The van der Waals surface area contributed by atoms with Gasteiger partial charge in [-0.15, -0.1) is 0 Å². The molecule has 0 saturated carbocycles. The van der Waals surface area contributed by atoms with Crippen molar-refractivity contribution in [1.29, 1.82) is 0 Å². The van der Waals surface area contributed by atoms with Crippen molar-refractivity contribution in [2.45, 2.75) is 32.2 Å². The van der Waals surface area contributed by atoms with Gasteiger partial charge in [-0.3, -0.25) is 4.68 Å². The van der Waals surface area contributed by atoms with Gasteiger partial charge in [-0.1, -0.05) is 6.92 Å². The second-order valence-corrected chi connectivity index (χ2v) is 7.30. The quantitative estimate of drug-likeness (QED) is 0.925. The van der Waals surface area contributed by atoms with E-state index in [1.807, 2.05) is 6.20 Å². The number of halogens is 1. The van der Waals surface area contributed by atoms with E-state index in [9.17, 15) is 0 Å². The molecule has 5 heteroatoms. The molecule has 2 saturated heterocycles. The topological polar surface area (TPSA) is 33.1 Å². The van der Waals surface area contributed by atoms with E-state index in [2.05, 4.69) is 49.0 Å². The first-order chi connectivity index (χ1) is 9.15. The van der Waals surface area contributed by atoms with Gasteiger partial charge in [0.25, 0.3) is 0 Å². The Morgan fingerprint density at radius 1 is 1.47 bits per heavy atom. The molecule has 1 unspecified atom stereocenters. The van der Waals surface area contributed by atoms with Gasteiger partial charge in [-0.25, -0.2) is 0 Å². The van der Waals surface area contributed by atoms with E-state index < -0.39 is 0 Å². The average Bonchev–Trinajstić information content (AvgIpc) is 3.00. The van der Waals surface area contributed by atoms with Crippen LogP contribution in [0.1, 0.15) is 32.2 Å². The minimum Gasteiger partial charge on any atom is -0.316 e. The van der Waals surface area contributed by atoms with Crippen molar-refractivity contribution in [3.63, 3.8) is 0 Å². The van der Waals surface area contributed by atoms with Crippen molar-refractivity contribution in [3.8, 4) is 0 Å². The number of likely N-dealkylation sites (tertiary alicyclic amines) is 1. The van der Waals surface area contributed by atoms with Gasteiger partial charge < -0.3 is 10.2 Å². The fraction of sp³-hybridized carbons (Fsp3) is 0.786. The molecule has 106 valence electrons. The van der Waals surface area contributed by atoms with Gasteiger partial charge in [0.2, 0.25) is 0 Å². The van der Waals surface area contributed by atoms with Gasteiger partial charge >= 0.3 is 0 Å². The Bertz CT molecular complexity index is 417. The molecule has 0 bridgehead atoms. The summed E-state index contributed by atoms with van der Waals surface area (Å²) in [5, 5.41) is 7.92. The molecular weight excluding hydrogens is 304 g/mol. The lowest BCUT2D eigenvalue weighted by atomic mass is 9.88. The molecule has 0 aliphatic carbocycles. The second kappa shape index (κ2) is 5.54. The van der Waals surface area contributed by atoms with Crippen LogP contribution in [0.15, 0.2) is 16.9 Å². The lowest BCUT2D eigenvalue weighted by Crippen LogP contribution is -2.42. The molecule has 0 amide bonds. The van der Waals surface area contributed by atoms with E-state index in [1.54, 1.807) is 0 Å². The zero-order valence-electron chi connectivity index (χ0n) is 11.6. The van der Waals surface area contributed by atoms with Gasteiger partial charge in [0.15, 0.2) is 0 Å². The fourth-order valence-electron chi connectivity index (χ4n) is 3.40. The molecule has 19 heavy (non-hydrogen) atoms. The Balaban J connectivity index is 1.52. The molecule has 1 aromatic rings. The third-order valence-corrected chi connectivity index (χ3v) is 4.97. The average molecular weight is 327 g/mol. The summed E-state index contributed by atoms with van der Waals surface area (Å²) in [6.45, 7) is 8.45. The Morgan fingerprint density at radius 2 is 2.26 bits per heavy atom. The summed E-state index contributed by atoms with van der Waals surface area (Å²) < 4.78 is 3.21. The maximum Gasteiger partial charge on any atom is 0.0632 e. The van der Waals surface area contributed by atoms with Crippen LogP contribution in [-0.2, 0) is 0 Å². The molecule has 2 aliphatic heterocycles. The van der Waals surface area contributed by atoms with Crippen LogP contribution >= 0.6 is 15.9 Å². The smallest absolute Gasteiger partial charge is 0.0632 e. The number of piperidine rings is 1. The number of rotatable bonds is 3. The molecule has 0 spiro atoms. The first-order valence-electron chi connectivity index (χ1n) is 7.27. The number of aromatic nitrogens is 2. The molecule has 3 rings (SSSR count). The van der Waals surface area contributed by atoms with Crippen molar-refractivity contribution in [2.75, 3.05) is 32.7 Å². The zero-order chi connectivity index (χ0) is 13.3. The van der Waals surface area contributed by atoms with Crippen LogP contribution < -0.4 is 5.32 Å². The SMILES string of the molecule is CC1(CN2CCC(n3cc(Br)cn3)CC2)CCNC1. The maximum atomic E-state index is 4.42. The molecule has 2 aliphatic rings. The molecule has 0 aromatic carbocycles. The molecule has 1 N–H and O–H groups in total. The van der Waals surface area contributed by atoms with Crippen LogP contribution in [0.25, 0.3) is 0 Å². The van der Waals surface area contributed by atoms with Crippen LogP contribution in [0.5, 0.6) is 0 Å². The second-order valence-electron chi connectivity index (χ2n) is 6.38. The van der Waals surface area contributed by atoms with Gasteiger partial charge in [-0.2, -0.15) is 5.10 Å². The first-order valence-corrected chi connectivity index (χ1v) is 8.07. The molecule has 1 atom stereocenters. The van der Waals surface area contributed by atoms with Crippen molar-refractivity contribution < 1.29 is 0 Å². The summed E-state index contributed by atoms with van der Waals surface area (Å²) in [5.74, 6) is 0. The highest BCUT2D eigenvalue weighted by Crippen LogP contribution is 2.29. The van der Waals surface area contributed by atoms with Crippen molar-refractivity contribution >= 4 is 15.9 Å². The summed E-state index contributed by atoms with van der Waals surface area (Å²) >= 11 is 3.48. The van der Waals surface area contributed by atoms with Gasteiger partial charge in [0.1, 0.15) is 0 Å². The lowest BCUT2D eigenvalue weighted by Gasteiger charge is -2.37. The van der Waals surface area contributed by atoms with Crippen LogP contribution in [0, 0.1) is 5.41 Å². The molecule has 4 nitrogen and oxygen atoms in total. The van der Waals surface area contributed by atoms with E-state index >= 15 is 0 Å². The van der Waals surface area contributed by atoms with E-state index in [4.69, 9.17) is 0 Å².